The summed E-state index contributed by atoms with van der Waals surface area (Å²) in [5.41, 5.74) is 0.960. The quantitative estimate of drug-likeness (QED) is 0.608. The number of aryl methyl sites for hydroxylation is 1. The predicted molar refractivity (Wildman–Crippen MR) is 115 cm³/mol. The Morgan fingerprint density at radius 1 is 1.15 bits per heavy atom. The Morgan fingerprint density at radius 2 is 1.82 bits per heavy atom. The fourth-order valence-corrected chi connectivity index (χ4v) is 3.40. The molecule has 1 unspecified atom stereocenters. The molecule has 2 N–H and O–H groups in total. The summed E-state index contributed by atoms with van der Waals surface area (Å²) < 4.78 is 7.70. The first kappa shape index (κ1) is 23.8. The van der Waals surface area contributed by atoms with E-state index in [4.69, 9.17) is 9.84 Å². The minimum atomic E-state index is -1.13. The van der Waals surface area contributed by atoms with Gasteiger partial charge in [0.15, 0.2) is 0 Å². The minimum absolute atomic E-state index is 0.0118. The molecule has 178 valence electrons. The normalized spacial score (nSPS) is 14.6. The number of amides is 3. The Morgan fingerprint density at radius 3 is 2.42 bits per heavy atom. The van der Waals surface area contributed by atoms with E-state index in [0.29, 0.717) is 44.2 Å². The first-order valence-corrected chi connectivity index (χ1v) is 10.5. The molecule has 2 aromatic heterocycles. The zero-order chi connectivity index (χ0) is 24.1. The highest BCUT2D eigenvalue weighted by Gasteiger charge is 2.29. The van der Waals surface area contributed by atoms with Gasteiger partial charge in [-0.1, -0.05) is 0 Å². The van der Waals surface area contributed by atoms with Crippen LogP contribution in [-0.2, 0) is 20.9 Å². The predicted octanol–water partition coefficient (Wildman–Crippen LogP) is 0.587. The van der Waals surface area contributed by atoms with Crippen molar-refractivity contribution in [1.29, 1.82) is 0 Å². The van der Waals surface area contributed by atoms with Gasteiger partial charge in [-0.05, 0) is 20.8 Å². The highest BCUT2D eigenvalue weighted by Crippen LogP contribution is 2.19. The van der Waals surface area contributed by atoms with Gasteiger partial charge in [-0.15, -0.1) is 0 Å². The maximum Gasteiger partial charge on any atom is 0.409 e. The van der Waals surface area contributed by atoms with Gasteiger partial charge in [0, 0.05) is 38.6 Å². The molecule has 3 rings (SSSR count). The van der Waals surface area contributed by atoms with E-state index >= 15 is 0 Å². The molecule has 0 radical (unpaired) electrons. The third-order valence-electron chi connectivity index (χ3n) is 5.25. The number of carboxylic acid groups (broad SMARTS) is 1. The molecule has 0 bridgehead atoms. The van der Waals surface area contributed by atoms with E-state index in [1.807, 2.05) is 0 Å². The number of hydrogen-bond donors (Lipinski definition) is 2. The summed E-state index contributed by atoms with van der Waals surface area (Å²) in [6, 6.07) is -0.604. The number of carboxylic acids is 1. The first-order valence-electron chi connectivity index (χ1n) is 10.5. The SMILES string of the molecule is CCOC(=O)N1CCN(C(=O)C(C)n2cc(NC(=O)Cn3cc(C(=O)O)cn3)c(C)n2)CC1. The van der Waals surface area contributed by atoms with Gasteiger partial charge in [0.2, 0.25) is 11.8 Å². The maximum atomic E-state index is 12.9. The largest absolute Gasteiger partial charge is 0.478 e. The topological polar surface area (TPSA) is 152 Å². The zero-order valence-corrected chi connectivity index (χ0v) is 18.7. The van der Waals surface area contributed by atoms with Crippen molar-refractivity contribution in [3.05, 3.63) is 29.8 Å². The minimum Gasteiger partial charge on any atom is -0.478 e. The molecule has 1 fully saturated rings. The lowest BCUT2D eigenvalue weighted by Crippen LogP contribution is -2.52. The van der Waals surface area contributed by atoms with Crippen LogP contribution in [0.15, 0.2) is 18.6 Å². The smallest absolute Gasteiger partial charge is 0.409 e. The number of nitrogens with zero attached hydrogens (tertiary/aromatic N) is 6. The van der Waals surface area contributed by atoms with Gasteiger partial charge in [-0.25, -0.2) is 9.59 Å². The fraction of sp³-hybridized carbons (Fsp3) is 0.500. The maximum absolute atomic E-state index is 12.9. The van der Waals surface area contributed by atoms with Crippen LogP contribution in [-0.4, -0.2) is 91.1 Å². The van der Waals surface area contributed by atoms with E-state index in [0.717, 1.165) is 0 Å². The average molecular weight is 461 g/mol. The number of carbonyl (C=O) groups is 4. The molecule has 0 saturated carbocycles. The van der Waals surface area contributed by atoms with Gasteiger partial charge in [0.25, 0.3) is 0 Å². The monoisotopic (exact) mass is 461 g/mol. The molecular weight excluding hydrogens is 434 g/mol. The number of piperazine rings is 1. The van der Waals surface area contributed by atoms with Crippen LogP contribution in [0.2, 0.25) is 0 Å². The van der Waals surface area contributed by atoms with Crippen LogP contribution in [0, 0.1) is 6.92 Å². The molecule has 2 aromatic rings. The molecule has 33 heavy (non-hydrogen) atoms. The van der Waals surface area contributed by atoms with Crippen molar-refractivity contribution in [2.75, 3.05) is 38.1 Å². The average Bonchev–Trinajstić information content (AvgIpc) is 3.40. The zero-order valence-electron chi connectivity index (χ0n) is 18.7. The molecule has 0 aromatic carbocycles. The Bertz CT molecular complexity index is 1040. The number of ether oxygens (including phenoxy) is 1. The van der Waals surface area contributed by atoms with Crippen molar-refractivity contribution in [3.63, 3.8) is 0 Å². The third kappa shape index (κ3) is 5.67. The van der Waals surface area contributed by atoms with E-state index < -0.39 is 17.9 Å². The second kappa shape index (κ2) is 10.1. The second-order valence-corrected chi connectivity index (χ2v) is 7.58. The van der Waals surface area contributed by atoms with Crippen molar-refractivity contribution in [1.82, 2.24) is 29.4 Å². The van der Waals surface area contributed by atoms with E-state index in [1.54, 1.807) is 36.8 Å². The van der Waals surface area contributed by atoms with Crippen LogP contribution in [0.4, 0.5) is 10.5 Å². The van der Waals surface area contributed by atoms with Gasteiger partial charge in [-0.3, -0.25) is 19.0 Å². The van der Waals surface area contributed by atoms with Crippen molar-refractivity contribution < 1.29 is 29.0 Å². The van der Waals surface area contributed by atoms with Crippen LogP contribution in [0.5, 0.6) is 0 Å². The van der Waals surface area contributed by atoms with Gasteiger partial charge in [0.1, 0.15) is 12.6 Å². The molecule has 13 nitrogen and oxygen atoms in total. The van der Waals surface area contributed by atoms with Crippen molar-refractivity contribution in [3.8, 4) is 0 Å². The highest BCUT2D eigenvalue weighted by atomic mass is 16.6. The van der Waals surface area contributed by atoms with Gasteiger partial charge in [-0.2, -0.15) is 10.2 Å². The van der Waals surface area contributed by atoms with Crippen molar-refractivity contribution in [2.24, 2.45) is 0 Å². The first-order chi connectivity index (χ1) is 15.7. The lowest BCUT2D eigenvalue weighted by molar-refractivity contribution is -0.136. The Balaban J connectivity index is 1.57. The van der Waals surface area contributed by atoms with Gasteiger partial charge < -0.3 is 25.0 Å². The lowest BCUT2D eigenvalue weighted by atomic mass is 10.2. The van der Waals surface area contributed by atoms with Gasteiger partial charge in [0.05, 0.1) is 29.7 Å². The van der Waals surface area contributed by atoms with Crippen molar-refractivity contribution >= 4 is 29.6 Å². The van der Waals surface area contributed by atoms with E-state index in [9.17, 15) is 19.2 Å². The molecular formula is C20H27N7O6. The molecule has 0 aliphatic carbocycles. The fourth-order valence-electron chi connectivity index (χ4n) is 3.40. The summed E-state index contributed by atoms with van der Waals surface area (Å²) in [6.45, 7) is 6.89. The summed E-state index contributed by atoms with van der Waals surface area (Å²) in [7, 11) is 0. The number of hydrogen-bond acceptors (Lipinski definition) is 7. The molecule has 3 heterocycles. The Labute approximate surface area is 189 Å². The van der Waals surface area contributed by atoms with Gasteiger partial charge >= 0.3 is 12.1 Å². The number of aromatic nitrogens is 4. The number of aromatic carboxylic acids is 1. The molecule has 1 atom stereocenters. The summed E-state index contributed by atoms with van der Waals surface area (Å²) in [5, 5.41) is 19.8. The Kier molecular flexibility index (Phi) is 7.30. The van der Waals surface area contributed by atoms with E-state index in [1.165, 1.54) is 21.8 Å². The van der Waals surface area contributed by atoms with Crippen molar-refractivity contribution in [2.45, 2.75) is 33.4 Å². The second-order valence-electron chi connectivity index (χ2n) is 7.58. The number of nitrogens with one attached hydrogen (secondary N) is 1. The lowest BCUT2D eigenvalue weighted by Gasteiger charge is -2.35. The van der Waals surface area contributed by atoms with Crippen LogP contribution < -0.4 is 5.32 Å². The number of carbonyl (C=O) groups excluding carboxylic acids is 3. The summed E-state index contributed by atoms with van der Waals surface area (Å²) in [6.07, 6.45) is 3.63. The van der Waals surface area contributed by atoms with Crippen LogP contribution in [0.3, 0.4) is 0 Å². The van der Waals surface area contributed by atoms with Crippen LogP contribution >= 0.6 is 0 Å². The number of rotatable bonds is 7. The highest BCUT2D eigenvalue weighted by molar-refractivity contribution is 5.91. The molecule has 0 spiro atoms. The summed E-state index contributed by atoms with van der Waals surface area (Å²) >= 11 is 0. The third-order valence-corrected chi connectivity index (χ3v) is 5.25. The molecule has 1 aliphatic heterocycles. The number of anilines is 1. The Hall–Kier alpha value is -3.90. The molecule has 13 heteroatoms. The molecule has 1 aliphatic rings. The van der Waals surface area contributed by atoms with Crippen LogP contribution in [0.25, 0.3) is 0 Å². The standard InChI is InChI=1S/C20H27N7O6/c1-4-33-20(32)25-7-5-24(6-8-25)18(29)14(3)27-11-16(13(2)23-27)22-17(28)12-26-10-15(9-21-26)19(30)31/h9-11,14H,4-8,12H2,1-3H3,(H,22,28)(H,30,31). The van der Waals surface area contributed by atoms with Crippen LogP contribution in [0.1, 0.15) is 35.9 Å². The summed E-state index contributed by atoms with van der Waals surface area (Å²) in [4.78, 5) is 51.3. The molecule has 1 saturated heterocycles. The molecule has 3 amide bonds. The van der Waals surface area contributed by atoms with E-state index in [-0.39, 0.29) is 24.1 Å². The van der Waals surface area contributed by atoms with E-state index in [2.05, 4.69) is 15.5 Å². The summed E-state index contributed by atoms with van der Waals surface area (Å²) in [5.74, 6) is -1.68.